The molecule has 0 radical (unpaired) electrons. The molecule has 0 bridgehead atoms. The van der Waals surface area contributed by atoms with E-state index in [1.54, 1.807) is 17.0 Å². The lowest BCUT2D eigenvalue weighted by Crippen LogP contribution is -2.44. The van der Waals surface area contributed by atoms with Crippen molar-refractivity contribution in [1.82, 2.24) is 30.6 Å². The molecule has 0 unspecified atom stereocenters. The van der Waals surface area contributed by atoms with E-state index in [4.69, 9.17) is 0 Å². The van der Waals surface area contributed by atoms with Crippen molar-refractivity contribution in [2.45, 2.75) is 69.8 Å². The van der Waals surface area contributed by atoms with Crippen LogP contribution in [0.25, 0.3) is 33.1 Å². The number of benzene rings is 4. The van der Waals surface area contributed by atoms with Crippen molar-refractivity contribution in [3.05, 3.63) is 118 Å². The van der Waals surface area contributed by atoms with Gasteiger partial charge in [0.05, 0.1) is 22.8 Å². The lowest BCUT2D eigenvalue weighted by atomic mass is 9.89. The summed E-state index contributed by atoms with van der Waals surface area (Å²) in [4.78, 5) is 28.8. The van der Waals surface area contributed by atoms with Gasteiger partial charge in [-0.25, -0.2) is 9.48 Å². The van der Waals surface area contributed by atoms with Crippen molar-refractivity contribution in [2.75, 3.05) is 18.5 Å². The number of hydrogen-bond acceptors (Lipinski definition) is 8. The number of aliphatic hydroxyl groups is 1. The number of phenols is 1. The van der Waals surface area contributed by atoms with E-state index < -0.39 is 12.2 Å². The number of aromatic hydroxyl groups is 1. The van der Waals surface area contributed by atoms with Gasteiger partial charge in [-0.1, -0.05) is 59.8 Å². The number of pyridine rings is 1. The molecule has 12 heteroatoms. The van der Waals surface area contributed by atoms with E-state index in [9.17, 15) is 24.9 Å². The van der Waals surface area contributed by atoms with Crippen LogP contribution in [0.4, 0.5) is 10.5 Å². The molecular formula is C41H45N7O5. The monoisotopic (exact) mass is 715 g/mol. The number of nitrogens with one attached hydrogen (secondary N) is 3. The number of amides is 1. The highest BCUT2D eigenvalue weighted by Crippen LogP contribution is 2.37. The van der Waals surface area contributed by atoms with E-state index in [-0.39, 0.29) is 23.9 Å². The molecule has 1 aliphatic carbocycles. The molecule has 1 amide bonds. The summed E-state index contributed by atoms with van der Waals surface area (Å²) in [5, 5.41) is 47.7. The van der Waals surface area contributed by atoms with E-state index >= 15 is 0 Å². The van der Waals surface area contributed by atoms with Gasteiger partial charge >= 0.3 is 6.09 Å². The Morgan fingerprint density at radius 2 is 1.77 bits per heavy atom. The zero-order valence-electron chi connectivity index (χ0n) is 29.7. The second kappa shape index (κ2) is 16.0. The second-order valence-electron chi connectivity index (χ2n) is 13.8. The van der Waals surface area contributed by atoms with Crippen molar-refractivity contribution in [1.29, 1.82) is 0 Å². The van der Waals surface area contributed by atoms with E-state index in [0.29, 0.717) is 35.6 Å². The number of anilines is 1. The molecule has 1 saturated carbocycles. The molecule has 0 saturated heterocycles. The van der Waals surface area contributed by atoms with Gasteiger partial charge in [-0.05, 0) is 98.2 Å². The van der Waals surface area contributed by atoms with Gasteiger partial charge in [0.1, 0.15) is 11.3 Å². The van der Waals surface area contributed by atoms with Crippen molar-refractivity contribution in [2.24, 2.45) is 0 Å². The van der Waals surface area contributed by atoms with Crippen LogP contribution < -0.4 is 21.1 Å². The van der Waals surface area contributed by atoms with Gasteiger partial charge in [-0.3, -0.25) is 9.69 Å². The van der Waals surface area contributed by atoms with Gasteiger partial charge in [0.15, 0.2) is 0 Å². The third-order valence-corrected chi connectivity index (χ3v) is 10.4. The molecule has 6 aromatic rings. The van der Waals surface area contributed by atoms with Gasteiger partial charge in [0.25, 0.3) is 0 Å². The number of aromatic amines is 1. The predicted octanol–water partition coefficient (Wildman–Crippen LogP) is 6.12. The number of aryl methyl sites for hydroxylation is 2. The molecule has 12 nitrogen and oxygen atoms in total. The first-order chi connectivity index (χ1) is 25.8. The van der Waals surface area contributed by atoms with Crippen molar-refractivity contribution in [3.63, 3.8) is 0 Å². The minimum atomic E-state index is -0.920. The molecule has 4 aromatic carbocycles. The SMILES string of the molecule is CNC1CCC(N(C(=O)O)c2cc(CCCn3nnc4cc(CNC[C@@H](O)c5ccc(O)c6[nH]c(=O)ccc56)ccc43)ccc2-c2ccccc2)CC1. The standard InChI is InChI=1S/C41H45N7O5/c1-42-29-11-13-30(14-12-29)48(41(52)53)36-23-26(9-15-31(36)28-7-3-2-4-8-28)6-5-21-47-35-18-10-27(22-34(35)45-46-47)24-43-25-38(50)32-16-19-37(49)40-33(32)17-20-39(51)44-40/h2-4,7-10,15-20,22-23,29-30,38,42-43,49-50H,5-6,11-14,21,24-25H2,1H3,(H,44,51)(H,52,53)/t29?,30?,38-/m1/s1. The molecule has 1 fully saturated rings. The molecule has 2 aromatic heterocycles. The zero-order valence-corrected chi connectivity index (χ0v) is 29.7. The summed E-state index contributed by atoms with van der Waals surface area (Å²) in [6, 6.07) is 28.7. The van der Waals surface area contributed by atoms with Gasteiger partial charge < -0.3 is 30.9 Å². The highest BCUT2D eigenvalue weighted by atomic mass is 16.4. The molecule has 274 valence electrons. The second-order valence-corrected chi connectivity index (χ2v) is 13.8. The summed E-state index contributed by atoms with van der Waals surface area (Å²) in [6.07, 6.45) is 3.29. The first-order valence-electron chi connectivity index (χ1n) is 18.2. The molecule has 7 rings (SSSR count). The first kappa shape index (κ1) is 35.8. The maximum atomic E-state index is 12.8. The molecule has 2 heterocycles. The predicted molar refractivity (Wildman–Crippen MR) is 206 cm³/mol. The maximum Gasteiger partial charge on any atom is 0.412 e. The molecule has 0 aliphatic heterocycles. The summed E-state index contributed by atoms with van der Waals surface area (Å²) in [7, 11) is 1.97. The van der Waals surface area contributed by atoms with Gasteiger partial charge in [0, 0.05) is 48.7 Å². The maximum absolute atomic E-state index is 12.8. The molecule has 6 N–H and O–H groups in total. The minimum absolute atomic E-state index is 0.0464. The topological polar surface area (TPSA) is 169 Å². The summed E-state index contributed by atoms with van der Waals surface area (Å²) in [5.74, 6) is -0.0464. The fraction of sp³-hybridized carbons (Fsp3) is 0.317. The van der Waals surface area contributed by atoms with Crippen LogP contribution in [-0.2, 0) is 19.5 Å². The molecule has 1 atom stereocenters. The number of carbonyl (C=O) groups is 1. The Bertz CT molecular complexity index is 2260. The van der Waals surface area contributed by atoms with Crippen LogP contribution in [0.3, 0.4) is 0 Å². The van der Waals surface area contributed by atoms with Crippen LogP contribution >= 0.6 is 0 Å². The zero-order chi connectivity index (χ0) is 36.9. The van der Waals surface area contributed by atoms with Crippen LogP contribution in [0, 0.1) is 0 Å². The molecular weight excluding hydrogens is 670 g/mol. The Kier molecular flexibility index (Phi) is 10.8. The number of aliphatic hydroxyl groups excluding tert-OH is 1. The molecule has 53 heavy (non-hydrogen) atoms. The third-order valence-electron chi connectivity index (χ3n) is 10.4. The van der Waals surface area contributed by atoms with E-state index in [2.05, 4.69) is 44.1 Å². The number of phenolic OH excluding ortho intramolecular Hbond substituents is 1. The average molecular weight is 716 g/mol. The summed E-state index contributed by atoms with van der Waals surface area (Å²) in [6.45, 7) is 1.41. The van der Waals surface area contributed by atoms with Crippen molar-refractivity contribution >= 4 is 33.7 Å². The third kappa shape index (κ3) is 7.95. The number of hydrogen-bond donors (Lipinski definition) is 6. The smallest absolute Gasteiger partial charge is 0.412 e. The normalized spacial score (nSPS) is 16.6. The molecule has 1 aliphatic rings. The summed E-state index contributed by atoms with van der Waals surface area (Å²) >= 11 is 0. The van der Waals surface area contributed by atoms with Crippen LogP contribution in [0.5, 0.6) is 5.75 Å². The summed E-state index contributed by atoms with van der Waals surface area (Å²) < 4.78 is 1.90. The van der Waals surface area contributed by atoms with Crippen LogP contribution in [0.15, 0.2) is 95.8 Å². The number of H-pyrrole nitrogens is 1. The molecule has 0 spiro atoms. The fourth-order valence-corrected chi connectivity index (χ4v) is 7.61. The van der Waals surface area contributed by atoms with Crippen molar-refractivity contribution in [3.8, 4) is 16.9 Å². The van der Waals surface area contributed by atoms with Crippen LogP contribution in [0.2, 0.25) is 0 Å². The number of nitrogens with zero attached hydrogens (tertiary/aromatic N) is 4. The van der Waals surface area contributed by atoms with E-state index in [0.717, 1.165) is 77.5 Å². The first-order valence-corrected chi connectivity index (χ1v) is 18.2. The number of rotatable bonds is 13. The lowest BCUT2D eigenvalue weighted by Gasteiger charge is -2.36. The number of fused-ring (bicyclic) bond motifs is 2. The van der Waals surface area contributed by atoms with Gasteiger partial charge in [-0.2, -0.15) is 0 Å². The van der Waals surface area contributed by atoms with E-state index in [1.165, 1.54) is 12.1 Å². The van der Waals surface area contributed by atoms with Crippen molar-refractivity contribution < 1.29 is 20.1 Å². The Hall–Kier alpha value is -5.56. The van der Waals surface area contributed by atoms with Crippen LogP contribution in [-0.4, -0.2) is 67.1 Å². The highest BCUT2D eigenvalue weighted by molar-refractivity contribution is 5.94. The minimum Gasteiger partial charge on any atom is -0.506 e. The largest absolute Gasteiger partial charge is 0.506 e. The lowest BCUT2D eigenvalue weighted by molar-refractivity contribution is 0.176. The van der Waals surface area contributed by atoms with Gasteiger partial charge in [-0.15, -0.1) is 5.10 Å². The quantitative estimate of drug-likeness (QED) is 0.0826. The Morgan fingerprint density at radius 1 is 0.981 bits per heavy atom. The van der Waals surface area contributed by atoms with Gasteiger partial charge in [0.2, 0.25) is 5.56 Å². The van der Waals surface area contributed by atoms with E-state index in [1.807, 2.05) is 60.3 Å². The highest BCUT2D eigenvalue weighted by Gasteiger charge is 2.31. The summed E-state index contributed by atoms with van der Waals surface area (Å²) in [5.41, 5.74) is 7.00. The number of aromatic nitrogens is 4. The van der Waals surface area contributed by atoms with Crippen LogP contribution in [0.1, 0.15) is 54.9 Å². The number of carboxylic acid groups (broad SMARTS) is 1. The fourth-order valence-electron chi connectivity index (χ4n) is 7.61. The average Bonchev–Trinajstić information content (AvgIpc) is 3.58. The Labute approximate surface area is 307 Å². The Morgan fingerprint density at radius 3 is 2.55 bits per heavy atom. The Balaban J connectivity index is 1.00.